The highest BCUT2D eigenvalue weighted by molar-refractivity contribution is 6.01. The van der Waals surface area contributed by atoms with Crippen LogP contribution in [0.4, 0.5) is 0 Å². The maximum absolute atomic E-state index is 12.1. The number of fused-ring (bicyclic) bond motifs is 5. The predicted molar refractivity (Wildman–Crippen MR) is 111 cm³/mol. The molecule has 4 rings (SSSR count). The number of aliphatic carboxylic acids is 1. The van der Waals surface area contributed by atoms with Crippen LogP contribution in [0.2, 0.25) is 0 Å². The lowest BCUT2D eigenvalue weighted by Crippen LogP contribution is -2.52. The Bertz CT molecular complexity index is 719. The molecule has 3 nitrogen and oxygen atoms in total. The summed E-state index contributed by atoms with van der Waals surface area (Å²) in [6.45, 7) is 7.14. The molecule has 0 bridgehead atoms. The zero-order chi connectivity index (χ0) is 20.1. The standard InChI is InChI=1S/C25H36O3/c1-4-5-16-14-18-15-19(26)10-12-25(18,3)21-11-13-24(2)17(7-9-22(27)28)6-8-20(24)23(16)21/h10,12,15-17,20-21,23H,4-9,11,13-14H2,1-3H3,(H,27,28)/t16?,17-,20+,21+,23+,24-,25+/m1/s1. The smallest absolute Gasteiger partial charge is 0.303 e. The maximum Gasteiger partial charge on any atom is 0.303 e. The SMILES string of the molecule is CCCC1CC2=CC(=O)C=C[C@]2(C)[C@H]2CC[C@]3(C)[C@@H](CCC(=O)O)CC[C@H]3[C@H]12. The van der Waals surface area contributed by atoms with Crippen molar-refractivity contribution in [3.63, 3.8) is 0 Å². The minimum Gasteiger partial charge on any atom is -0.481 e. The first kappa shape index (κ1) is 19.9. The van der Waals surface area contributed by atoms with Gasteiger partial charge in [-0.15, -0.1) is 0 Å². The third-order valence-corrected chi connectivity index (χ3v) is 9.29. The third-order valence-electron chi connectivity index (χ3n) is 9.29. The van der Waals surface area contributed by atoms with E-state index in [-0.39, 0.29) is 11.2 Å². The Morgan fingerprint density at radius 3 is 2.68 bits per heavy atom. The molecular weight excluding hydrogens is 348 g/mol. The molecule has 0 aromatic rings. The molecule has 3 fully saturated rings. The van der Waals surface area contributed by atoms with Crippen molar-refractivity contribution in [1.29, 1.82) is 0 Å². The summed E-state index contributed by atoms with van der Waals surface area (Å²) in [7, 11) is 0. The summed E-state index contributed by atoms with van der Waals surface area (Å²) in [5, 5.41) is 9.20. The lowest BCUT2D eigenvalue weighted by atomic mass is 9.45. The zero-order valence-electron chi connectivity index (χ0n) is 17.7. The number of carboxylic acid groups (broad SMARTS) is 1. The molecule has 0 radical (unpaired) electrons. The van der Waals surface area contributed by atoms with Crippen LogP contribution in [-0.2, 0) is 9.59 Å². The van der Waals surface area contributed by atoms with Crippen LogP contribution in [0, 0.1) is 40.4 Å². The first-order chi connectivity index (χ1) is 13.3. The van der Waals surface area contributed by atoms with Gasteiger partial charge in [-0.2, -0.15) is 0 Å². The molecule has 28 heavy (non-hydrogen) atoms. The molecule has 0 aromatic carbocycles. The van der Waals surface area contributed by atoms with Gasteiger partial charge in [-0.3, -0.25) is 9.59 Å². The summed E-state index contributed by atoms with van der Waals surface area (Å²) in [6, 6.07) is 0. The molecule has 0 amide bonds. The minimum atomic E-state index is -0.651. The van der Waals surface area contributed by atoms with Gasteiger partial charge in [-0.05, 0) is 85.7 Å². The first-order valence-electron chi connectivity index (χ1n) is 11.5. The zero-order valence-corrected chi connectivity index (χ0v) is 17.7. The van der Waals surface area contributed by atoms with Crippen LogP contribution < -0.4 is 0 Å². The van der Waals surface area contributed by atoms with Gasteiger partial charge in [0.1, 0.15) is 0 Å². The Morgan fingerprint density at radius 1 is 1.18 bits per heavy atom. The minimum absolute atomic E-state index is 0.0449. The van der Waals surface area contributed by atoms with Crippen molar-refractivity contribution in [2.45, 2.75) is 78.6 Å². The van der Waals surface area contributed by atoms with Crippen LogP contribution in [0.25, 0.3) is 0 Å². The van der Waals surface area contributed by atoms with Crippen LogP contribution in [0.15, 0.2) is 23.8 Å². The van der Waals surface area contributed by atoms with Crippen LogP contribution in [0.3, 0.4) is 0 Å². The Kier molecular flexibility index (Phi) is 5.08. The highest BCUT2D eigenvalue weighted by Gasteiger charge is 2.60. The van der Waals surface area contributed by atoms with Crippen molar-refractivity contribution < 1.29 is 14.7 Å². The summed E-state index contributed by atoms with van der Waals surface area (Å²) in [6.07, 6.45) is 15.6. The summed E-state index contributed by atoms with van der Waals surface area (Å²) in [4.78, 5) is 23.2. The van der Waals surface area contributed by atoms with E-state index in [4.69, 9.17) is 0 Å². The first-order valence-corrected chi connectivity index (χ1v) is 11.5. The summed E-state index contributed by atoms with van der Waals surface area (Å²) < 4.78 is 0. The lowest BCUT2D eigenvalue weighted by Gasteiger charge is -2.59. The number of carboxylic acids is 1. The Labute approximate surface area is 169 Å². The Balaban J connectivity index is 1.66. The van der Waals surface area contributed by atoms with Gasteiger partial charge in [0, 0.05) is 11.8 Å². The van der Waals surface area contributed by atoms with Crippen molar-refractivity contribution in [3.8, 4) is 0 Å². The van der Waals surface area contributed by atoms with Gasteiger partial charge in [0.2, 0.25) is 0 Å². The van der Waals surface area contributed by atoms with E-state index >= 15 is 0 Å². The molecule has 7 atom stereocenters. The molecule has 1 N–H and O–H groups in total. The number of allylic oxidation sites excluding steroid dienone is 4. The number of carbonyl (C=O) groups is 2. The number of rotatable bonds is 5. The van der Waals surface area contributed by atoms with E-state index in [1.54, 1.807) is 6.08 Å². The Hall–Kier alpha value is -1.38. The lowest BCUT2D eigenvalue weighted by molar-refractivity contribution is -0.137. The predicted octanol–water partition coefficient (Wildman–Crippen LogP) is 5.80. The average molecular weight is 385 g/mol. The van der Waals surface area contributed by atoms with Gasteiger partial charge < -0.3 is 5.11 Å². The monoisotopic (exact) mass is 384 g/mol. The molecule has 0 saturated heterocycles. The molecule has 4 aliphatic rings. The van der Waals surface area contributed by atoms with Gasteiger partial charge in [0.25, 0.3) is 0 Å². The second-order valence-corrected chi connectivity index (χ2v) is 10.5. The molecule has 0 heterocycles. The van der Waals surface area contributed by atoms with Crippen molar-refractivity contribution >= 4 is 11.8 Å². The van der Waals surface area contributed by atoms with Gasteiger partial charge in [0.15, 0.2) is 5.78 Å². The van der Waals surface area contributed by atoms with Crippen LogP contribution in [-0.4, -0.2) is 16.9 Å². The van der Waals surface area contributed by atoms with Crippen LogP contribution in [0.1, 0.15) is 78.6 Å². The molecule has 0 aromatic heterocycles. The molecule has 0 aliphatic heterocycles. The largest absolute Gasteiger partial charge is 0.481 e. The highest BCUT2D eigenvalue weighted by atomic mass is 16.4. The molecule has 3 saturated carbocycles. The second kappa shape index (κ2) is 7.15. The van der Waals surface area contributed by atoms with E-state index in [0.29, 0.717) is 41.4 Å². The molecule has 154 valence electrons. The number of ketones is 1. The molecule has 1 unspecified atom stereocenters. The van der Waals surface area contributed by atoms with E-state index in [1.807, 2.05) is 6.08 Å². The van der Waals surface area contributed by atoms with Crippen molar-refractivity contribution in [2.24, 2.45) is 40.4 Å². The van der Waals surface area contributed by atoms with E-state index in [2.05, 4.69) is 26.8 Å². The average Bonchev–Trinajstić information content (AvgIpc) is 2.98. The van der Waals surface area contributed by atoms with Gasteiger partial charge in [-0.1, -0.05) is 45.3 Å². The number of hydrogen-bond acceptors (Lipinski definition) is 2. The molecular formula is C25H36O3. The van der Waals surface area contributed by atoms with Gasteiger partial charge in [-0.25, -0.2) is 0 Å². The van der Waals surface area contributed by atoms with Crippen molar-refractivity contribution in [1.82, 2.24) is 0 Å². The third kappa shape index (κ3) is 3.00. The summed E-state index contributed by atoms with van der Waals surface area (Å²) >= 11 is 0. The highest BCUT2D eigenvalue weighted by Crippen LogP contribution is 2.68. The molecule has 0 spiro atoms. The van der Waals surface area contributed by atoms with Gasteiger partial charge >= 0.3 is 5.97 Å². The van der Waals surface area contributed by atoms with E-state index in [0.717, 1.165) is 12.8 Å². The van der Waals surface area contributed by atoms with Crippen LogP contribution in [0.5, 0.6) is 0 Å². The van der Waals surface area contributed by atoms with E-state index in [9.17, 15) is 14.7 Å². The molecule has 4 aliphatic carbocycles. The normalized spacial score (nSPS) is 44.5. The van der Waals surface area contributed by atoms with E-state index in [1.165, 1.54) is 44.1 Å². The fourth-order valence-electron chi connectivity index (χ4n) is 7.89. The number of hydrogen-bond donors (Lipinski definition) is 1. The van der Waals surface area contributed by atoms with Crippen molar-refractivity contribution in [2.75, 3.05) is 0 Å². The maximum atomic E-state index is 12.1. The quantitative estimate of drug-likeness (QED) is 0.651. The fourth-order valence-corrected chi connectivity index (χ4v) is 7.89. The summed E-state index contributed by atoms with van der Waals surface area (Å²) in [5.74, 6) is 2.81. The summed E-state index contributed by atoms with van der Waals surface area (Å²) in [5.41, 5.74) is 1.72. The second-order valence-electron chi connectivity index (χ2n) is 10.5. The van der Waals surface area contributed by atoms with Gasteiger partial charge in [0.05, 0.1) is 0 Å². The van der Waals surface area contributed by atoms with E-state index < -0.39 is 5.97 Å². The Morgan fingerprint density at radius 2 is 1.96 bits per heavy atom. The molecule has 3 heteroatoms. The topological polar surface area (TPSA) is 54.4 Å². The van der Waals surface area contributed by atoms with Crippen molar-refractivity contribution in [3.05, 3.63) is 23.8 Å². The van der Waals surface area contributed by atoms with Crippen LogP contribution >= 0.6 is 0 Å². The fraction of sp³-hybridized carbons (Fsp3) is 0.760. The number of carbonyl (C=O) groups excluding carboxylic acids is 1.